The van der Waals surface area contributed by atoms with Crippen molar-refractivity contribution < 1.29 is 4.57 Å². The monoisotopic (exact) mass is 610 g/mol. The summed E-state index contributed by atoms with van der Waals surface area (Å²) in [4.78, 5) is 0. The van der Waals surface area contributed by atoms with Gasteiger partial charge in [0.25, 0.3) is 12.1 Å². The maximum absolute atomic E-state index is 4.66. The summed E-state index contributed by atoms with van der Waals surface area (Å²) in [5.74, 6) is 2.43. The molecule has 0 unspecified atom stereocenters. The van der Waals surface area contributed by atoms with Crippen molar-refractivity contribution in [2.24, 2.45) is 0 Å². The highest BCUT2D eigenvalue weighted by Gasteiger charge is 2.29. The molecule has 0 aliphatic carbocycles. The largest absolute Gasteiger partial charge is 0.268 e. The molecule has 0 aliphatic heterocycles. The van der Waals surface area contributed by atoms with Crippen LogP contribution >= 0.6 is 15.9 Å². The Morgan fingerprint density at radius 1 is 0.683 bits per heavy atom. The number of hydrogen-bond acceptors (Lipinski definition) is 2. The minimum absolute atomic E-state index is 0.357. The second kappa shape index (κ2) is 11.8. The third kappa shape index (κ3) is 5.67. The van der Waals surface area contributed by atoms with Crippen molar-refractivity contribution in [3.8, 4) is 28.5 Å². The molecule has 0 N–H and O–H groups in total. The van der Waals surface area contributed by atoms with E-state index in [9.17, 15) is 0 Å². The van der Waals surface area contributed by atoms with Gasteiger partial charge in [0.1, 0.15) is 17.1 Å². The molecule has 0 spiro atoms. The summed E-state index contributed by atoms with van der Waals surface area (Å²) < 4.78 is 7.59. The number of benzene rings is 3. The van der Waals surface area contributed by atoms with Crippen LogP contribution in [0.1, 0.15) is 101 Å². The van der Waals surface area contributed by atoms with Crippen molar-refractivity contribution in [1.29, 1.82) is 0 Å². The normalized spacial score (nSPS) is 11.9. The average Bonchev–Trinajstić information content (AvgIpc) is 3.60. The SMILES string of the molecule is CC(C)c1cccc(C(C)C)c1-n1c[n+](-c2c(C(C)C)cccc2C(C)C)cc1-n1cc(-c2ccc(Br)cc2)nn1. The lowest BCUT2D eigenvalue weighted by Gasteiger charge is -2.17. The van der Waals surface area contributed by atoms with Gasteiger partial charge in [0.15, 0.2) is 6.20 Å². The number of hydrogen-bond donors (Lipinski definition) is 0. The maximum atomic E-state index is 4.66. The lowest BCUT2D eigenvalue weighted by atomic mass is 9.92. The molecule has 0 radical (unpaired) electrons. The molecule has 5 rings (SSSR count). The molecule has 0 saturated heterocycles. The van der Waals surface area contributed by atoms with E-state index in [-0.39, 0.29) is 0 Å². The first-order valence-electron chi connectivity index (χ1n) is 14.7. The summed E-state index contributed by atoms with van der Waals surface area (Å²) in [6, 6.07) is 21.6. The Balaban J connectivity index is 1.82. The summed E-state index contributed by atoms with van der Waals surface area (Å²) >= 11 is 3.54. The van der Waals surface area contributed by atoms with Gasteiger partial charge in [-0.05, 0) is 35.8 Å². The van der Waals surface area contributed by atoms with E-state index in [1.54, 1.807) is 0 Å². The van der Waals surface area contributed by atoms with E-state index in [0.29, 0.717) is 23.7 Å². The van der Waals surface area contributed by atoms with Crippen LogP contribution in [-0.2, 0) is 0 Å². The number of aromatic nitrogens is 5. The average molecular weight is 612 g/mol. The second-order valence-electron chi connectivity index (χ2n) is 12.1. The van der Waals surface area contributed by atoms with E-state index >= 15 is 0 Å². The number of nitrogens with zero attached hydrogens (tertiary/aromatic N) is 5. The van der Waals surface area contributed by atoms with E-state index < -0.39 is 0 Å². The zero-order valence-electron chi connectivity index (χ0n) is 25.4. The van der Waals surface area contributed by atoms with E-state index in [2.05, 4.69) is 152 Å². The number of halogens is 1. The smallest absolute Gasteiger partial charge is 0.199 e. The van der Waals surface area contributed by atoms with E-state index in [4.69, 9.17) is 0 Å². The fourth-order valence-electron chi connectivity index (χ4n) is 5.60. The van der Waals surface area contributed by atoms with Crippen LogP contribution in [0.3, 0.4) is 0 Å². The highest BCUT2D eigenvalue weighted by molar-refractivity contribution is 9.10. The first kappa shape index (κ1) is 29.0. The molecule has 41 heavy (non-hydrogen) atoms. The van der Waals surface area contributed by atoms with Crippen molar-refractivity contribution >= 4 is 15.9 Å². The minimum Gasteiger partial charge on any atom is -0.199 e. The van der Waals surface area contributed by atoms with Crippen LogP contribution in [0.25, 0.3) is 28.5 Å². The van der Waals surface area contributed by atoms with Gasteiger partial charge in [-0.1, -0.05) is 125 Å². The molecule has 5 nitrogen and oxygen atoms in total. The zero-order valence-corrected chi connectivity index (χ0v) is 27.0. The molecule has 0 saturated carbocycles. The van der Waals surface area contributed by atoms with Gasteiger partial charge in [-0.3, -0.25) is 0 Å². The highest BCUT2D eigenvalue weighted by Crippen LogP contribution is 2.34. The first-order chi connectivity index (χ1) is 19.6. The Hall–Kier alpha value is -3.51. The third-order valence-corrected chi connectivity index (χ3v) is 8.32. The quantitative estimate of drug-likeness (QED) is 0.164. The molecule has 0 amide bonds. The Morgan fingerprint density at radius 2 is 1.20 bits per heavy atom. The second-order valence-corrected chi connectivity index (χ2v) is 13.0. The predicted molar refractivity (Wildman–Crippen MR) is 172 cm³/mol. The lowest BCUT2D eigenvalue weighted by molar-refractivity contribution is -0.595. The van der Waals surface area contributed by atoms with Crippen molar-refractivity contribution in [3.05, 3.63) is 106 Å². The van der Waals surface area contributed by atoms with Crippen molar-refractivity contribution in [2.45, 2.75) is 79.1 Å². The van der Waals surface area contributed by atoms with Crippen LogP contribution in [0.2, 0.25) is 0 Å². The molecule has 2 aromatic heterocycles. The zero-order chi connectivity index (χ0) is 29.4. The third-order valence-electron chi connectivity index (χ3n) is 7.79. The van der Waals surface area contributed by atoms with Crippen molar-refractivity contribution in [3.63, 3.8) is 0 Å². The molecule has 3 aromatic carbocycles. The summed E-state index contributed by atoms with van der Waals surface area (Å²) in [6.45, 7) is 18.2. The van der Waals surface area contributed by atoms with Crippen molar-refractivity contribution in [2.75, 3.05) is 0 Å². The fraction of sp³-hybridized carbons (Fsp3) is 0.343. The van der Waals surface area contributed by atoms with Gasteiger partial charge >= 0.3 is 0 Å². The van der Waals surface area contributed by atoms with Crippen molar-refractivity contribution in [1.82, 2.24) is 19.6 Å². The number of imidazole rings is 1. The van der Waals surface area contributed by atoms with Gasteiger partial charge < -0.3 is 0 Å². The minimum atomic E-state index is 0.357. The highest BCUT2D eigenvalue weighted by atomic mass is 79.9. The molecule has 0 fully saturated rings. The molecule has 0 bridgehead atoms. The summed E-state index contributed by atoms with van der Waals surface area (Å²) in [7, 11) is 0. The first-order valence-corrected chi connectivity index (χ1v) is 15.4. The molecule has 212 valence electrons. The molecule has 5 aromatic rings. The van der Waals surface area contributed by atoms with Crippen LogP contribution in [0, 0.1) is 0 Å². The Kier molecular flexibility index (Phi) is 8.32. The summed E-state index contributed by atoms with van der Waals surface area (Å²) in [6.07, 6.45) is 6.50. The van der Waals surface area contributed by atoms with Gasteiger partial charge in [0, 0.05) is 32.3 Å². The Bertz CT molecular complexity index is 1600. The van der Waals surface area contributed by atoms with Gasteiger partial charge in [-0.25, -0.2) is 0 Å². The van der Waals surface area contributed by atoms with E-state index in [1.165, 1.54) is 33.6 Å². The predicted octanol–water partition coefficient (Wildman–Crippen LogP) is 9.26. The maximum Gasteiger partial charge on any atom is 0.268 e. The summed E-state index contributed by atoms with van der Waals surface area (Å²) in [5, 5.41) is 9.25. The van der Waals surface area contributed by atoms with Gasteiger partial charge in [-0.15, -0.1) is 5.10 Å². The van der Waals surface area contributed by atoms with Crippen LogP contribution in [-0.4, -0.2) is 19.6 Å². The van der Waals surface area contributed by atoms with E-state index in [1.807, 2.05) is 23.0 Å². The standard InChI is InChI=1S/C35H41BrN5/c1-22(2)28-11-9-12-29(23(3)4)34(28)39-20-33(41-19-32(37-38-41)26-15-17-27(36)18-16-26)40(21-39)35-30(24(5)6)13-10-14-31(35)25(7)8/h9-25H,1-8H3/q+1. The Labute approximate surface area is 253 Å². The number of para-hydroxylation sites is 2. The van der Waals surface area contributed by atoms with E-state index in [0.717, 1.165) is 21.5 Å². The van der Waals surface area contributed by atoms with Gasteiger partial charge in [0.2, 0.25) is 0 Å². The Morgan fingerprint density at radius 3 is 1.71 bits per heavy atom. The molecular weight excluding hydrogens is 570 g/mol. The van der Waals surface area contributed by atoms with Crippen LogP contribution in [0.4, 0.5) is 0 Å². The number of rotatable bonds is 8. The molecule has 6 heteroatoms. The lowest BCUT2D eigenvalue weighted by Crippen LogP contribution is -2.32. The molecule has 0 atom stereocenters. The van der Waals surface area contributed by atoms with Gasteiger partial charge in [0.05, 0.1) is 6.20 Å². The molecule has 0 aliphatic rings. The van der Waals surface area contributed by atoms with Crippen LogP contribution in [0.5, 0.6) is 0 Å². The van der Waals surface area contributed by atoms with Crippen LogP contribution < -0.4 is 4.57 Å². The molecule has 2 heterocycles. The van der Waals surface area contributed by atoms with Gasteiger partial charge in [-0.2, -0.15) is 13.8 Å². The fourth-order valence-corrected chi connectivity index (χ4v) is 5.86. The van der Waals surface area contributed by atoms with Crippen LogP contribution in [0.15, 0.2) is 83.9 Å². The summed E-state index contributed by atoms with van der Waals surface area (Å²) in [5.41, 5.74) is 9.63. The topological polar surface area (TPSA) is 39.5 Å². The molecular formula is C35H41BrN5+.